The Bertz CT molecular complexity index is 817. The molecule has 1 aromatic heterocycles. The number of hydrogen-bond acceptors (Lipinski definition) is 3. The third-order valence-electron chi connectivity index (χ3n) is 4.55. The molecule has 0 saturated heterocycles. The van der Waals surface area contributed by atoms with Crippen LogP contribution in [0.4, 0.5) is 10.2 Å². The molecule has 2 heterocycles. The summed E-state index contributed by atoms with van der Waals surface area (Å²) < 4.78 is 13.7. The number of hydrogen-bond donors (Lipinski definition) is 2. The number of rotatable bonds is 1. The zero-order valence-electron chi connectivity index (χ0n) is 11.6. The van der Waals surface area contributed by atoms with Gasteiger partial charge in [0.2, 0.25) is 5.95 Å². The number of aromatic nitrogens is 1. The van der Waals surface area contributed by atoms with E-state index >= 15 is 0 Å². The molecule has 1 spiro atoms. The quantitative estimate of drug-likeness (QED) is 0.767. The first kappa shape index (κ1) is 13.7. The smallest absolute Gasteiger partial charge is 0.251 e. The number of nitrogen functional groups attached to an aromatic ring is 1. The lowest BCUT2D eigenvalue weighted by atomic mass is 9.85. The summed E-state index contributed by atoms with van der Waals surface area (Å²) in [4.78, 5) is 15.7. The van der Waals surface area contributed by atoms with E-state index in [0.29, 0.717) is 12.1 Å². The second-order valence-electron chi connectivity index (χ2n) is 5.92. The molecule has 1 aromatic carbocycles. The first-order valence-electron chi connectivity index (χ1n) is 7.05. The van der Waals surface area contributed by atoms with Gasteiger partial charge in [-0.3, -0.25) is 4.79 Å². The van der Waals surface area contributed by atoms with Crippen molar-refractivity contribution in [3.05, 3.63) is 45.8 Å². The lowest BCUT2D eigenvalue weighted by Crippen LogP contribution is -2.39. The highest BCUT2D eigenvalue weighted by molar-refractivity contribution is 9.10. The number of pyridine rings is 1. The molecule has 1 amide bonds. The number of nitrogens with zero attached hydrogens (tertiary/aromatic N) is 1. The van der Waals surface area contributed by atoms with Crippen molar-refractivity contribution in [2.45, 2.75) is 18.3 Å². The summed E-state index contributed by atoms with van der Waals surface area (Å²) in [6.45, 7) is 0.684. The number of fused-ring (bicyclic) bond motifs is 2. The standard InChI is InChI=1S/C16H13BrFN3O/c17-12-6-10(14(19)21-13(12)18)8-1-2-9-11(5-8)16(3-4-16)7-20-15(9)22/h1-2,5-6H,3-4,7H2,(H2,19,21)(H,20,22). The molecule has 1 fully saturated rings. The second-order valence-corrected chi connectivity index (χ2v) is 6.77. The molecule has 2 aromatic rings. The molecule has 0 atom stereocenters. The van der Waals surface area contributed by atoms with Crippen LogP contribution >= 0.6 is 15.9 Å². The average molecular weight is 362 g/mol. The third-order valence-corrected chi connectivity index (χ3v) is 5.11. The van der Waals surface area contributed by atoms with Crippen LogP contribution in [0.15, 0.2) is 28.7 Å². The minimum absolute atomic E-state index is 0.0366. The molecule has 0 radical (unpaired) electrons. The topological polar surface area (TPSA) is 68.0 Å². The summed E-state index contributed by atoms with van der Waals surface area (Å²) in [7, 11) is 0. The van der Waals surface area contributed by atoms with Gasteiger partial charge >= 0.3 is 0 Å². The molecule has 22 heavy (non-hydrogen) atoms. The Hall–Kier alpha value is -1.95. The number of carbonyl (C=O) groups excluding carboxylic acids is 1. The Kier molecular flexibility index (Phi) is 2.81. The Morgan fingerprint density at radius 2 is 2.05 bits per heavy atom. The van der Waals surface area contributed by atoms with Gasteiger partial charge in [0.15, 0.2) is 0 Å². The van der Waals surface area contributed by atoms with Crippen molar-refractivity contribution in [3.63, 3.8) is 0 Å². The largest absolute Gasteiger partial charge is 0.383 e. The SMILES string of the molecule is Nc1nc(F)c(Br)cc1-c1ccc2c(c1)C1(CC1)CNC2=O. The minimum Gasteiger partial charge on any atom is -0.383 e. The van der Waals surface area contributed by atoms with Gasteiger partial charge in [0.25, 0.3) is 5.91 Å². The van der Waals surface area contributed by atoms with Crippen molar-refractivity contribution in [1.82, 2.24) is 10.3 Å². The summed E-state index contributed by atoms with van der Waals surface area (Å²) in [6, 6.07) is 7.27. The van der Waals surface area contributed by atoms with Crippen LogP contribution in [-0.4, -0.2) is 17.4 Å². The molecule has 0 unspecified atom stereocenters. The number of nitrogens with two attached hydrogens (primary N) is 1. The summed E-state index contributed by atoms with van der Waals surface area (Å²) >= 11 is 3.14. The Labute approximate surface area is 135 Å². The van der Waals surface area contributed by atoms with E-state index in [0.717, 1.165) is 29.5 Å². The highest BCUT2D eigenvalue weighted by atomic mass is 79.9. The molecule has 112 valence electrons. The predicted octanol–water partition coefficient (Wildman–Crippen LogP) is 3.01. The van der Waals surface area contributed by atoms with Crippen molar-refractivity contribution >= 4 is 27.7 Å². The number of benzene rings is 1. The number of amides is 1. The van der Waals surface area contributed by atoms with Crippen molar-refractivity contribution < 1.29 is 9.18 Å². The van der Waals surface area contributed by atoms with E-state index in [2.05, 4.69) is 26.2 Å². The van der Waals surface area contributed by atoms with Crippen LogP contribution in [0.25, 0.3) is 11.1 Å². The Morgan fingerprint density at radius 1 is 1.27 bits per heavy atom. The molecule has 4 rings (SSSR count). The second kappa shape index (κ2) is 4.52. The van der Waals surface area contributed by atoms with Gasteiger partial charge in [-0.1, -0.05) is 6.07 Å². The van der Waals surface area contributed by atoms with E-state index in [1.165, 1.54) is 0 Å². The predicted molar refractivity (Wildman–Crippen MR) is 85.0 cm³/mol. The van der Waals surface area contributed by atoms with Crippen LogP contribution in [0.5, 0.6) is 0 Å². The van der Waals surface area contributed by atoms with E-state index in [4.69, 9.17) is 5.73 Å². The molecular weight excluding hydrogens is 349 g/mol. The zero-order valence-corrected chi connectivity index (χ0v) is 13.2. The fourth-order valence-electron chi connectivity index (χ4n) is 3.10. The first-order valence-corrected chi connectivity index (χ1v) is 7.84. The maximum absolute atomic E-state index is 13.4. The Balaban J connectivity index is 1.88. The molecule has 3 N–H and O–H groups in total. The highest BCUT2D eigenvalue weighted by Gasteiger charge is 2.48. The van der Waals surface area contributed by atoms with Crippen LogP contribution in [0.1, 0.15) is 28.8 Å². The molecule has 6 heteroatoms. The normalized spacial score (nSPS) is 18.0. The molecule has 1 aliphatic carbocycles. The van der Waals surface area contributed by atoms with Crippen molar-refractivity contribution in [2.24, 2.45) is 0 Å². The van der Waals surface area contributed by atoms with Crippen molar-refractivity contribution in [3.8, 4) is 11.1 Å². The highest BCUT2D eigenvalue weighted by Crippen LogP contribution is 2.51. The molecular formula is C16H13BrFN3O. The van der Waals surface area contributed by atoms with Gasteiger partial charge in [-0.2, -0.15) is 4.39 Å². The van der Waals surface area contributed by atoms with Crippen LogP contribution in [0, 0.1) is 5.95 Å². The van der Waals surface area contributed by atoms with Crippen LogP contribution in [-0.2, 0) is 5.41 Å². The summed E-state index contributed by atoms with van der Waals surface area (Å²) in [5, 5.41) is 2.95. The van der Waals surface area contributed by atoms with E-state index in [-0.39, 0.29) is 21.6 Å². The molecule has 1 aliphatic heterocycles. The molecule has 0 bridgehead atoms. The molecule has 2 aliphatic rings. The summed E-state index contributed by atoms with van der Waals surface area (Å²) in [5.41, 5.74) is 9.23. The number of halogens is 2. The van der Waals surface area contributed by atoms with Gasteiger partial charge in [-0.15, -0.1) is 0 Å². The van der Waals surface area contributed by atoms with Gasteiger partial charge in [0, 0.05) is 23.1 Å². The average Bonchev–Trinajstić information content (AvgIpc) is 3.28. The van der Waals surface area contributed by atoms with E-state index in [1.54, 1.807) is 6.07 Å². The van der Waals surface area contributed by atoms with E-state index < -0.39 is 5.95 Å². The maximum Gasteiger partial charge on any atom is 0.251 e. The summed E-state index contributed by atoms with van der Waals surface area (Å²) in [6.07, 6.45) is 2.15. The molecule has 1 saturated carbocycles. The zero-order chi connectivity index (χ0) is 15.5. The van der Waals surface area contributed by atoms with Crippen LogP contribution < -0.4 is 11.1 Å². The van der Waals surface area contributed by atoms with Gasteiger partial charge in [0.05, 0.1) is 4.47 Å². The third kappa shape index (κ3) is 1.94. The maximum atomic E-state index is 13.4. The minimum atomic E-state index is -0.628. The fourth-order valence-corrected chi connectivity index (χ4v) is 3.41. The van der Waals surface area contributed by atoms with E-state index in [1.807, 2.05) is 18.2 Å². The van der Waals surface area contributed by atoms with Crippen LogP contribution in [0.3, 0.4) is 0 Å². The first-order chi connectivity index (χ1) is 10.5. The van der Waals surface area contributed by atoms with Gasteiger partial charge in [-0.25, -0.2) is 4.98 Å². The number of nitrogens with one attached hydrogen (secondary N) is 1. The van der Waals surface area contributed by atoms with Crippen molar-refractivity contribution in [2.75, 3.05) is 12.3 Å². The van der Waals surface area contributed by atoms with Crippen molar-refractivity contribution in [1.29, 1.82) is 0 Å². The fraction of sp³-hybridized carbons (Fsp3) is 0.250. The van der Waals surface area contributed by atoms with Gasteiger partial charge in [-0.05, 0) is 58.1 Å². The monoisotopic (exact) mass is 361 g/mol. The van der Waals surface area contributed by atoms with Crippen LogP contribution in [0.2, 0.25) is 0 Å². The van der Waals surface area contributed by atoms with E-state index in [9.17, 15) is 9.18 Å². The molecule has 4 nitrogen and oxygen atoms in total. The lowest BCUT2D eigenvalue weighted by molar-refractivity contribution is 0.0937. The Morgan fingerprint density at radius 3 is 2.77 bits per heavy atom. The van der Waals surface area contributed by atoms with Gasteiger partial charge < -0.3 is 11.1 Å². The van der Waals surface area contributed by atoms with Gasteiger partial charge in [0.1, 0.15) is 5.82 Å². The number of carbonyl (C=O) groups is 1. The number of anilines is 1. The summed E-state index contributed by atoms with van der Waals surface area (Å²) in [5.74, 6) is -0.520. The lowest BCUT2D eigenvalue weighted by Gasteiger charge is -2.26.